The molecule has 2 aromatic heterocycles. The number of piperidine rings is 1. The number of methoxy groups -OCH3 is 1. The number of rotatable bonds is 5. The molecule has 3 heterocycles. The highest BCUT2D eigenvalue weighted by Crippen LogP contribution is 2.18. The van der Waals surface area contributed by atoms with Gasteiger partial charge in [0, 0.05) is 44.3 Å². The molecule has 0 aromatic carbocycles. The summed E-state index contributed by atoms with van der Waals surface area (Å²) >= 11 is 0. The van der Waals surface area contributed by atoms with Gasteiger partial charge in [0.25, 0.3) is 0 Å². The predicted octanol–water partition coefficient (Wildman–Crippen LogP) is 2.16. The van der Waals surface area contributed by atoms with Gasteiger partial charge in [-0.3, -0.25) is 4.79 Å². The summed E-state index contributed by atoms with van der Waals surface area (Å²) in [6.07, 6.45) is 7.93. The van der Waals surface area contributed by atoms with Crippen molar-refractivity contribution in [3.05, 3.63) is 42.5 Å². The number of hydrogen-bond donors (Lipinski definition) is 0. The third-order valence-electron chi connectivity index (χ3n) is 3.76. The van der Waals surface area contributed by atoms with Crippen molar-refractivity contribution in [2.24, 2.45) is 0 Å². The fourth-order valence-electron chi connectivity index (χ4n) is 2.50. The molecular formula is C17H19N3O4. The highest BCUT2D eigenvalue weighted by atomic mass is 16.5. The fraction of sp³-hybridized carbons (Fsp3) is 0.353. The number of aromatic nitrogens is 2. The molecule has 126 valence electrons. The number of likely N-dealkylation sites (tertiary alicyclic amines) is 1. The zero-order valence-electron chi connectivity index (χ0n) is 13.4. The minimum atomic E-state index is -0.0199. The highest BCUT2D eigenvalue weighted by Gasteiger charge is 2.23. The average molecular weight is 329 g/mol. The maximum absolute atomic E-state index is 12.2. The first-order valence-electron chi connectivity index (χ1n) is 7.79. The predicted molar refractivity (Wildman–Crippen MR) is 86.6 cm³/mol. The normalized spacial score (nSPS) is 15.6. The highest BCUT2D eigenvalue weighted by molar-refractivity contribution is 5.91. The monoisotopic (exact) mass is 329 g/mol. The first-order valence-corrected chi connectivity index (χ1v) is 7.79. The number of hydrogen-bond acceptors (Lipinski definition) is 6. The van der Waals surface area contributed by atoms with Crippen molar-refractivity contribution in [1.29, 1.82) is 0 Å². The van der Waals surface area contributed by atoms with Crippen LogP contribution in [0.25, 0.3) is 6.08 Å². The van der Waals surface area contributed by atoms with Crippen LogP contribution in [0, 0.1) is 0 Å². The second kappa shape index (κ2) is 7.63. The van der Waals surface area contributed by atoms with Crippen LogP contribution in [0.1, 0.15) is 18.6 Å². The molecule has 0 atom stereocenters. The number of amides is 1. The topological polar surface area (TPSA) is 77.7 Å². The second-order valence-corrected chi connectivity index (χ2v) is 5.37. The van der Waals surface area contributed by atoms with E-state index in [-0.39, 0.29) is 18.0 Å². The Morgan fingerprint density at radius 2 is 2.21 bits per heavy atom. The van der Waals surface area contributed by atoms with Gasteiger partial charge in [-0.1, -0.05) is 0 Å². The number of nitrogens with zero attached hydrogens (tertiary/aromatic N) is 3. The molecule has 0 aliphatic carbocycles. The Morgan fingerprint density at radius 1 is 1.38 bits per heavy atom. The van der Waals surface area contributed by atoms with Crippen LogP contribution in [0.4, 0.5) is 0 Å². The molecule has 0 radical (unpaired) electrons. The van der Waals surface area contributed by atoms with Crippen molar-refractivity contribution in [2.75, 3.05) is 20.2 Å². The Morgan fingerprint density at radius 3 is 2.92 bits per heavy atom. The lowest BCUT2D eigenvalue weighted by Gasteiger charge is -2.31. The summed E-state index contributed by atoms with van der Waals surface area (Å²) < 4.78 is 16.0. The van der Waals surface area contributed by atoms with E-state index in [1.807, 2.05) is 0 Å². The lowest BCUT2D eigenvalue weighted by molar-refractivity contribution is -0.127. The first-order chi connectivity index (χ1) is 11.7. The van der Waals surface area contributed by atoms with Crippen LogP contribution in [0.3, 0.4) is 0 Å². The van der Waals surface area contributed by atoms with Crippen LogP contribution in [0.5, 0.6) is 11.9 Å². The maximum Gasteiger partial charge on any atom is 0.319 e. The first kappa shape index (κ1) is 16.0. The minimum absolute atomic E-state index is 0.0199. The number of carbonyl (C=O) groups excluding carboxylic acids is 1. The molecule has 7 nitrogen and oxygen atoms in total. The van der Waals surface area contributed by atoms with Crippen molar-refractivity contribution >= 4 is 12.0 Å². The molecule has 3 rings (SSSR count). The summed E-state index contributed by atoms with van der Waals surface area (Å²) in [5.74, 6) is 1.14. The van der Waals surface area contributed by atoms with E-state index < -0.39 is 0 Å². The van der Waals surface area contributed by atoms with Gasteiger partial charge in [0.2, 0.25) is 11.8 Å². The van der Waals surface area contributed by atoms with Crippen LogP contribution in [0.2, 0.25) is 0 Å². The molecule has 0 saturated carbocycles. The van der Waals surface area contributed by atoms with Gasteiger partial charge < -0.3 is 18.8 Å². The average Bonchev–Trinajstić information content (AvgIpc) is 3.14. The minimum Gasteiger partial charge on any atom is -0.474 e. The van der Waals surface area contributed by atoms with Crippen molar-refractivity contribution < 1.29 is 18.7 Å². The number of ether oxygens (including phenoxy) is 2. The lowest BCUT2D eigenvalue weighted by atomic mass is 10.1. The quantitative estimate of drug-likeness (QED) is 0.782. The SMILES string of the molecule is COc1nccc(OC2CCN(C(=O)/C=C/c3ccco3)CC2)n1. The molecule has 1 saturated heterocycles. The van der Waals surface area contributed by atoms with Crippen molar-refractivity contribution in [3.8, 4) is 11.9 Å². The van der Waals surface area contributed by atoms with E-state index in [9.17, 15) is 4.79 Å². The van der Waals surface area contributed by atoms with E-state index in [4.69, 9.17) is 13.9 Å². The third kappa shape index (κ3) is 4.13. The molecule has 2 aromatic rings. The molecule has 1 fully saturated rings. The molecular weight excluding hydrogens is 310 g/mol. The van der Waals surface area contributed by atoms with Gasteiger partial charge in [0.1, 0.15) is 11.9 Å². The Bertz CT molecular complexity index is 692. The van der Waals surface area contributed by atoms with Gasteiger partial charge in [0.05, 0.1) is 13.4 Å². The lowest BCUT2D eigenvalue weighted by Crippen LogP contribution is -2.41. The molecule has 0 unspecified atom stereocenters. The van der Waals surface area contributed by atoms with Gasteiger partial charge in [-0.05, 0) is 18.2 Å². The molecule has 1 aliphatic heterocycles. The summed E-state index contributed by atoms with van der Waals surface area (Å²) in [7, 11) is 1.51. The zero-order valence-corrected chi connectivity index (χ0v) is 13.4. The molecule has 0 bridgehead atoms. The molecule has 1 aliphatic rings. The van der Waals surface area contributed by atoms with E-state index in [1.165, 1.54) is 13.2 Å². The number of carbonyl (C=O) groups is 1. The summed E-state index contributed by atoms with van der Waals surface area (Å²) in [6.45, 7) is 1.29. The largest absolute Gasteiger partial charge is 0.474 e. The zero-order chi connectivity index (χ0) is 16.8. The van der Waals surface area contributed by atoms with Crippen LogP contribution < -0.4 is 9.47 Å². The summed E-state index contributed by atoms with van der Waals surface area (Å²) in [5, 5.41) is 0. The van der Waals surface area contributed by atoms with E-state index in [2.05, 4.69) is 9.97 Å². The van der Waals surface area contributed by atoms with Crippen LogP contribution >= 0.6 is 0 Å². The van der Waals surface area contributed by atoms with E-state index >= 15 is 0 Å². The van der Waals surface area contributed by atoms with E-state index in [0.717, 1.165) is 12.8 Å². The van der Waals surface area contributed by atoms with E-state index in [0.29, 0.717) is 24.7 Å². The number of furan rings is 1. The van der Waals surface area contributed by atoms with Crippen molar-refractivity contribution in [2.45, 2.75) is 18.9 Å². The second-order valence-electron chi connectivity index (χ2n) is 5.37. The Balaban J connectivity index is 1.49. The Kier molecular flexibility index (Phi) is 5.10. The van der Waals surface area contributed by atoms with Crippen LogP contribution in [-0.2, 0) is 4.79 Å². The van der Waals surface area contributed by atoms with Crippen molar-refractivity contribution in [1.82, 2.24) is 14.9 Å². The van der Waals surface area contributed by atoms with E-state index in [1.54, 1.807) is 41.6 Å². The molecule has 7 heteroatoms. The summed E-state index contributed by atoms with van der Waals surface area (Å²) in [6, 6.07) is 5.57. The van der Waals surface area contributed by atoms with Gasteiger partial charge in [-0.25, -0.2) is 4.98 Å². The molecule has 0 N–H and O–H groups in total. The van der Waals surface area contributed by atoms with Crippen molar-refractivity contribution in [3.63, 3.8) is 0 Å². The maximum atomic E-state index is 12.2. The Labute approximate surface area is 139 Å². The van der Waals surface area contributed by atoms with Gasteiger partial charge in [0.15, 0.2) is 0 Å². The molecule has 24 heavy (non-hydrogen) atoms. The third-order valence-corrected chi connectivity index (χ3v) is 3.76. The van der Waals surface area contributed by atoms with Gasteiger partial charge >= 0.3 is 6.01 Å². The fourth-order valence-corrected chi connectivity index (χ4v) is 2.50. The van der Waals surface area contributed by atoms with Crippen LogP contribution in [0.15, 0.2) is 41.2 Å². The molecule has 1 amide bonds. The molecule has 0 spiro atoms. The standard InChI is InChI=1S/C17H19N3O4/c1-22-17-18-9-6-15(19-17)24-14-7-10-20(11-8-14)16(21)5-4-13-3-2-12-23-13/h2-6,9,12,14H,7-8,10-11H2,1H3/b5-4+. The van der Waals surface area contributed by atoms with Crippen LogP contribution in [-0.4, -0.2) is 47.1 Å². The smallest absolute Gasteiger partial charge is 0.319 e. The van der Waals surface area contributed by atoms with Gasteiger partial charge in [-0.15, -0.1) is 0 Å². The summed E-state index contributed by atoms with van der Waals surface area (Å²) in [5.41, 5.74) is 0. The Hall–Kier alpha value is -2.83. The van der Waals surface area contributed by atoms with Gasteiger partial charge in [-0.2, -0.15) is 4.98 Å². The summed E-state index contributed by atoms with van der Waals surface area (Å²) in [4.78, 5) is 22.1.